The van der Waals surface area contributed by atoms with Crippen molar-refractivity contribution in [3.8, 4) is 5.75 Å². The Morgan fingerprint density at radius 3 is 2.83 bits per heavy atom. The quantitative estimate of drug-likeness (QED) is 0.738. The molecule has 88 valence electrons. The van der Waals surface area contributed by atoms with Crippen LogP contribution >= 0.6 is 0 Å². The van der Waals surface area contributed by atoms with E-state index in [-0.39, 0.29) is 0 Å². The minimum Gasteiger partial charge on any atom is -0.406 e. The van der Waals surface area contributed by atoms with Gasteiger partial charge in [-0.05, 0) is 23.4 Å². The summed E-state index contributed by atoms with van der Waals surface area (Å²) in [5.74, 6) is 0.891. The number of nitrogens with one attached hydrogen (secondary N) is 1. The van der Waals surface area contributed by atoms with E-state index in [1.54, 1.807) is 0 Å². The van der Waals surface area contributed by atoms with Gasteiger partial charge in [0.15, 0.2) is 11.4 Å². The van der Waals surface area contributed by atoms with Crippen LogP contribution in [-0.4, -0.2) is 5.66 Å². The lowest BCUT2D eigenvalue weighted by molar-refractivity contribution is 0.107. The second-order valence-electron chi connectivity index (χ2n) is 4.73. The van der Waals surface area contributed by atoms with E-state index in [0.717, 1.165) is 22.7 Å². The molecular weight excluding hydrogens is 224 g/mol. The van der Waals surface area contributed by atoms with E-state index in [1.807, 2.05) is 36.4 Å². The molecule has 1 atom stereocenters. The molecule has 2 aliphatic heterocycles. The predicted octanol–water partition coefficient (Wildman–Crippen LogP) is 0.936. The Bertz CT molecular complexity index is 701. The van der Waals surface area contributed by atoms with Crippen molar-refractivity contribution in [2.24, 2.45) is 4.99 Å². The van der Waals surface area contributed by atoms with Crippen LogP contribution in [0.5, 0.6) is 5.75 Å². The van der Waals surface area contributed by atoms with Crippen LogP contribution in [0.1, 0.15) is 5.56 Å². The van der Waals surface area contributed by atoms with Crippen LogP contribution in [0.2, 0.25) is 0 Å². The Hall–Kier alpha value is -2.13. The summed E-state index contributed by atoms with van der Waals surface area (Å²) in [5, 5.41) is 2.18. The van der Waals surface area contributed by atoms with Crippen molar-refractivity contribution in [3.63, 3.8) is 0 Å². The van der Waals surface area contributed by atoms with Gasteiger partial charge in [-0.3, -0.25) is 4.99 Å². The normalized spacial score (nSPS) is 23.6. The fourth-order valence-electron chi connectivity index (χ4n) is 2.58. The molecule has 1 N–H and O–H groups in total. The second kappa shape index (κ2) is 3.43. The van der Waals surface area contributed by atoms with E-state index >= 15 is 0 Å². The van der Waals surface area contributed by atoms with Gasteiger partial charge in [-0.15, -0.1) is 5.48 Å². The number of hydrogen-bond acceptors (Lipinski definition) is 3. The third-order valence-electron chi connectivity index (χ3n) is 3.42. The Morgan fingerprint density at radius 2 is 1.89 bits per heavy atom. The molecule has 18 heavy (non-hydrogen) atoms. The summed E-state index contributed by atoms with van der Waals surface area (Å²) in [6.07, 6.45) is 2.95. The molecule has 2 aromatic rings. The lowest BCUT2D eigenvalue weighted by Gasteiger charge is -2.31. The second-order valence-corrected chi connectivity index (χ2v) is 4.73. The summed E-state index contributed by atoms with van der Waals surface area (Å²) in [6, 6.07) is 16.2. The van der Waals surface area contributed by atoms with Gasteiger partial charge >= 0.3 is 0 Å². The molecule has 1 spiro atoms. The molecule has 1 unspecified atom stereocenters. The highest BCUT2D eigenvalue weighted by Gasteiger charge is 2.35. The van der Waals surface area contributed by atoms with Crippen molar-refractivity contribution >= 4 is 6.08 Å². The van der Waals surface area contributed by atoms with Crippen LogP contribution in [0.15, 0.2) is 53.5 Å². The molecule has 0 aliphatic carbocycles. The van der Waals surface area contributed by atoms with E-state index in [9.17, 15) is 0 Å². The van der Waals surface area contributed by atoms with Crippen LogP contribution in [0.25, 0.3) is 6.08 Å². The lowest BCUT2D eigenvalue weighted by atomic mass is 9.99. The highest BCUT2D eigenvalue weighted by atomic mass is 16.7. The van der Waals surface area contributed by atoms with Crippen LogP contribution in [0, 0.1) is 0 Å². The molecule has 0 amide bonds. The van der Waals surface area contributed by atoms with Gasteiger partial charge in [0.05, 0.1) is 5.36 Å². The number of para-hydroxylation sites is 2. The van der Waals surface area contributed by atoms with Crippen LogP contribution in [-0.2, 0) is 6.42 Å². The zero-order valence-corrected chi connectivity index (χ0v) is 9.76. The van der Waals surface area contributed by atoms with Gasteiger partial charge in [-0.25, -0.2) is 0 Å². The minimum atomic E-state index is -0.446. The van der Waals surface area contributed by atoms with E-state index in [0.29, 0.717) is 0 Å². The first kappa shape index (κ1) is 9.85. The SMILES string of the molecule is C1=c2ccccc2=NC12Cc1ccccc1ON2. The first-order chi connectivity index (χ1) is 8.85. The molecule has 2 aromatic carbocycles. The zero-order valence-electron chi connectivity index (χ0n) is 9.76. The molecule has 3 heteroatoms. The first-order valence-electron chi connectivity index (χ1n) is 6.04. The van der Waals surface area contributed by atoms with E-state index in [2.05, 4.69) is 23.7 Å². The van der Waals surface area contributed by atoms with Crippen molar-refractivity contribution in [3.05, 3.63) is 64.7 Å². The average Bonchev–Trinajstić information content (AvgIpc) is 2.76. The Kier molecular flexibility index (Phi) is 1.88. The van der Waals surface area contributed by atoms with Crippen molar-refractivity contribution in [1.29, 1.82) is 0 Å². The van der Waals surface area contributed by atoms with Gasteiger partial charge in [0.2, 0.25) is 0 Å². The summed E-state index contributed by atoms with van der Waals surface area (Å²) in [7, 11) is 0. The molecule has 3 nitrogen and oxygen atoms in total. The Morgan fingerprint density at radius 1 is 1.06 bits per heavy atom. The van der Waals surface area contributed by atoms with Crippen molar-refractivity contribution in [2.45, 2.75) is 12.1 Å². The van der Waals surface area contributed by atoms with E-state index < -0.39 is 5.66 Å². The summed E-state index contributed by atoms with van der Waals surface area (Å²) in [4.78, 5) is 10.4. The smallest absolute Gasteiger partial charge is 0.166 e. The number of fused-ring (bicyclic) bond motifs is 2. The molecule has 0 aromatic heterocycles. The molecule has 2 heterocycles. The topological polar surface area (TPSA) is 33.6 Å². The van der Waals surface area contributed by atoms with Crippen LogP contribution in [0.3, 0.4) is 0 Å². The van der Waals surface area contributed by atoms with Gasteiger partial charge in [0.25, 0.3) is 0 Å². The maximum Gasteiger partial charge on any atom is 0.166 e. The van der Waals surface area contributed by atoms with Gasteiger partial charge in [-0.2, -0.15) is 0 Å². The fraction of sp³-hybridized carbons (Fsp3) is 0.133. The summed E-state index contributed by atoms with van der Waals surface area (Å²) >= 11 is 0. The third-order valence-corrected chi connectivity index (χ3v) is 3.42. The van der Waals surface area contributed by atoms with Crippen LogP contribution in [0.4, 0.5) is 0 Å². The molecule has 0 fully saturated rings. The Balaban J connectivity index is 1.84. The van der Waals surface area contributed by atoms with Gasteiger partial charge in [0.1, 0.15) is 0 Å². The third kappa shape index (κ3) is 1.38. The number of hydroxylamine groups is 1. The Labute approximate surface area is 104 Å². The molecule has 2 aliphatic rings. The lowest BCUT2D eigenvalue weighted by Crippen LogP contribution is -2.48. The van der Waals surface area contributed by atoms with E-state index in [1.165, 1.54) is 5.56 Å². The number of nitrogens with zero attached hydrogens (tertiary/aromatic N) is 1. The molecule has 4 rings (SSSR count). The number of benzene rings is 2. The number of hydrogen-bond donors (Lipinski definition) is 1. The van der Waals surface area contributed by atoms with Gasteiger partial charge < -0.3 is 4.84 Å². The van der Waals surface area contributed by atoms with E-state index in [4.69, 9.17) is 9.83 Å². The fourth-order valence-corrected chi connectivity index (χ4v) is 2.58. The van der Waals surface area contributed by atoms with Crippen LogP contribution < -0.4 is 20.9 Å². The molecule has 0 saturated carbocycles. The summed E-state index contributed by atoms with van der Waals surface area (Å²) < 4.78 is 0. The minimum absolute atomic E-state index is 0.446. The highest BCUT2D eigenvalue weighted by molar-refractivity contribution is 5.47. The maximum atomic E-state index is 5.62. The molecular formula is C15H12N2O. The van der Waals surface area contributed by atoms with Gasteiger partial charge in [-0.1, -0.05) is 36.4 Å². The standard InChI is InChI=1S/C15H12N2O/c1-3-7-13-11(5-1)9-15(16-13)10-12-6-2-4-8-14(12)18-17-15/h1-9,17H,10H2. The monoisotopic (exact) mass is 236 g/mol. The van der Waals surface area contributed by atoms with Crippen molar-refractivity contribution < 1.29 is 4.84 Å². The maximum absolute atomic E-state index is 5.62. The van der Waals surface area contributed by atoms with Crippen molar-refractivity contribution in [2.75, 3.05) is 0 Å². The largest absolute Gasteiger partial charge is 0.406 e. The summed E-state index contributed by atoms with van der Waals surface area (Å²) in [6.45, 7) is 0. The summed E-state index contributed by atoms with van der Waals surface area (Å²) in [5.41, 5.74) is 3.81. The van der Waals surface area contributed by atoms with Gasteiger partial charge in [0, 0.05) is 12.0 Å². The average molecular weight is 236 g/mol. The predicted molar refractivity (Wildman–Crippen MR) is 68.3 cm³/mol. The number of rotatable bonds is 0. The first-order valence-corrected chi connectivity index (χ1v) is 6.04. The zero-order chi connectivity index (χ0) is 12.0. The molecule has 0 saturated heterocycles. The molecule has 0 radical (unpaired) electrons. The molecule has 0 bridgehead atoms. The highest BCUT2D eigenvalue weighted by Crippen LogP contribution is 2.29. The van der Waals surface area contributed by atoms with Crippen molar-refractivity contribution in [1.82, 2.24) is 5.48 Å².